The van der Waals surface area contributed by atoms with Crippen LogP contribution in [0.4, 0.5) is 11.4 Å². The fourth-order valence-electron chi connectivity index (χ4n) is 3.88. The van der Waals surface area contributed by atoms with Crippen molar-refractivity contribution in [3.05, 3.63) is 65.4 Å². The maximum Gasteiger partial charge on any atom is 0.260 e. The number of likely N-dealkylation sites (N-methyl/N-ethyl adjacent to an activating group) is 1. The van der Waals surface area contributed by atoms with E-state index in [4.69, 9.17) is 0 Å². The Hall–Kier alpha value is -2.75. The summed E-state index contributed by atoms with van der Waals surface area (Å²) in [5, 5.41) is 0. The highest BCUT2D eigenvalue weighted by atomic mass is 16.2. The summed E-state index contributed by atoms with van der Waals surface area (Å²) in [5.74, 6) is 0.0863. The van der Waals surface area contributed by atoms with Crippen LogP contribution in [0.1, 0.15) is 16.7 Å². The fraction of sp³-hybridized carbons (Fsp3) is 0.318. The highest BCUT2D eigenvalue weighted by molar-refractivity contribution is 6.32. The van der Waals surface area contributed by atoms with Gasteiger partial charge in [0.25, 0.3) is 5.91 Å². The van der Waals surface area contributed by atoms with Gasteiger partial charge in [-0.1, -0.05) is 30.3 Å². The average Bonchev–Trinajstić information content (AvgIpc) is 2.90. The summed E-state index contributed by atoms with van der Waals surface area (Å²) >= 11 is 0. The van der Waals surface area contributed by atoms with Gasteiger partial charge in [-0.25, -0.2) is 0 Å². The van der Waals surface area contributed by atoms with E-state index in [-0.39, 0.29) is 5.91 Å². The van der Waals surface area contributed by atoms with Crippen LogP contribution in [0.15, 0.2) is 48.7 Å². The van der Waals surface area contributed by atoms with E-state index in [0.717, 1.165) is 43.0 Å². The van der Waals surface area contributed by atoms with Crippen LogP contribution in [-0.2, 0) is 4.79 Å². The summed E-state index contributed by atoms with van der Waals surface area (Å²) in [6.45, 7) is 8.16. The molecule has 0 bridgehead atoms. The molecule has 0 atom stereocenters. The molecule has 4 heteroatoms. The zero-order valence-electron chi connectivity index (χ0n) is 15.7. The predicted molar refractivity (Wildman–Crippen MR) is 108 cm³/mol. The molecule has 4 rings (SSSR count). The standard InChI is InChI=1S/C22H25N3O/c1-16-7-6-10-20(17(16)2)25-13-11-24(12-14-25)15-19-18-8-4-5-9-21(18)23(3)22(19)26/h4-10,15H,11-14H2,1-3H3/b19-15-. The second-order valence-electron chi connectivity index (χ2n) is 7.17. The molecule has 0 spiro atoms. The van der Waals surface area contributed by atoms with E-state index >= 15 is 0 Å². The van der Waals surface area contributed by atoms with Crippen molar-refractivity contribution in [2.75, 3.05) is 43.0 Å². The number of benzene rings is 2. The van der Waals surface area contributed by atoms with Gasteiger partial charge in [0.2, 0.25) is 0 Å². The van der Waals surface area contributed by atoms with Gasteiger partial charge >= 0.3 is 0 Å². The van der Waals surface area contributed by atoms with Gasteiger partial charge in [0.05, 0.1) is 11.3 Å². The topological polar surface area (TPSA) is 26.8 Å². The minimum atomic E-state index is 0.0863. The van der Waals surface area contributed by atoms with Crippen molar-refractivity contribution in [3.8, 4) is 0 Å². The molecule has 2 aromatic rings. The van der Waals surface area contributed by atoms with Crippen LogP contribution in [0.5, 0.6) is 0 Å². The Morgan fingerprint density at radius 1 is 0.885 bits per heavy atom. The molecule has 0 aromatic heterocycles. The summed E-state index contributed by atoms with van der Waals surface area (Å²) < 4.78 is 0. The first kappa shape index (κ1) is 16.7. The van der Waals surface area contributed by atoms with Crippen LogP contribution in [0.25, 0.3) is 5.57 Å². The molecular formula is C22H25N3O. The van der Waals surface area contributed by atoms with E-state index in [1.165, 1.54) is 16.8 Å². The summed E-state index contributed by atoms with van der Waals surface area (Å²) in [6, 6.07) is 14.5. The lowest BCUT2D eigenvalue weighted by molar-refractivity contribution is -0.112. The third kappa shape index (κ3) is 2.75. The number of anilines is 2. The number of nitrogens with zero attached hydrogens (tertiary/aromatic N) is 3. The number of para-hydroxylation sites is 1. The Morgan fingerprint density at radius 2 is 1.58 bits per heavy atom. The Balaban J connectivity index is 1.52. The molecule has 0 saturated carbocycles. The molecule has 0 N–H and O–H groups in total. The number of fused-ring (bicyclic) bond motifs is 1. The fourth-order valence-corrected chi connectivity index (χ4v) is 3.88. The van der Waals surface area contributed by atoms with E-state index in [2.05, 4.69) is 48.0 Å². The molecule has 26 heavy (non-hydrogen) atoms. The number of rotatable bonds is 2. The summed E-state index contributed by atoms with van der Waals surface area (Å²) in [5.41, 5.74) is 6.88. The number of amides is 1. The van der Waals surface area contributed by atoms with Crippen molar-refractivity contribution in [1.82, 2.24) is 4.90 Å². The van der Waals surface area contributed by atoms with Crippen molar-refractivity contribution >= 4 is 22.9 Å². The third-order valence-corrected chi connectivity index (χ3v) is 5.63. The first-order valence-electron chi connectivity index (χ1n) is 9.21. The first-order valence-corrected chi connectivity index (χ1v) is 9.21. The largest absolute Gasteiger partial charge is 0.373 e. The normalized spacial score (nSPS) is 18.7. The van der Waals surface area contributed by atoms with E-state index in [9.17, 15) is 4.79 Å². The molecule has 2 aliphatic heterocycles. The Labute approximate surface area is 155 Å². The molecule has 2 aliphatic rings. The van der Waals surface area contributed by atoms with Gasteiger partial charge in [0, 0.05) is 50.7 Å². The Bertz CT molecular complexity index is 879. The van der Waals surface area contributed by atoms with Gasteiger partial charge in [-0.3, -0.25) is 4.79 Å². The number of carbonyl (C=O) groups excluding carboxylic acids is 1. The molecule has 1 amide bonds. The molecule has 0 radical (unpaired) electrons. The van der Waals surface area contributed by atoms with Crippen molar-refractivity contribution in [1.29, 1.82) is 0 Å². The number of carbonyl (C=O) groups is 1. The van der Waals surface area contributed by atoms with Crippen molar-refractivity contribution in [3.63, 3.8) is 0 Å². The van der Waals surface area contributed by atoms with Crippen LogP contribution in [0, 0.1) is 13.8 Å². The molecule has 2 heterocycles. The van der Waals surface area contributed by atoms with Crippen molar-refractivity contribution in [2.24, 2.45) is 0 Å². The second-order valence-corrected chi connectivity index (χ2v) is 7.17. The van der Waals surface area contributed by atoms with Crippen molar-refractivity contribution in [2.45, 2.75) is 13.8 Å². The predicted octanol–water partition coefficient (Wildman–Crippen LogP) is 3.44. The molecule has 2 aromatic carbocycles. The molecule has 4 nitrogen and oxygen atoms in total. The molecule has 134 valence electrons. The highest BCUT2D eigenvalue weighted by Crippen LogP contribution is 2.35. The maximum absolute atomic E-state index is 12.6. The van der Waals surface area contributed by atoms with Gasteiger partial charge in [0.15, 0.2) is 0 Å². The lowest BCUT2D eigenvalue weighted by Crippen LogP contribution is -2.44. The second kappa shape index (κ2) is 6.52. The smallest absolute Gasteiger partial charge is 0.260 e. The van der Waals surface area contributed by atoms with Gasteiger partial charge in [-0.15, -0.1) is 0 Å². The van der Waals surface area contributed by atoms with E-state index in [1.807, 2.05) is 31.3 Å². The number of hydrogen-bond acceptors (Lipinski definition) is 3. The zero-order valence-corrected chi connectivity index (χ0v) is 15.7. The minimum absolute atomic E-state index is 0.0863. The monoisotopic (exact) mass is 347 g/mol. The van der Waals surface area contributed by atoms with Crippen LogP contribution in [-0.4, -0.2) is 44.0 Å². The van der Waals surface area contributed by atoms with Gasteiger partial charge in [-0.2, -0.15) is 0 Å². The number of piperazine rings is 1. The zero-order chi connectivity index (χ0) is 18.3. The number of aryl methyl sites for hydroxylation is 1. The average molecular weight is 347 g/mol. The van der Waals surface area contributed by atoms with Crippen LogP contribution in [0.3, 0.4) is 0 Å². The Kier molecular flexibility index (Phi) is 4.19. The number of hydrogen-bond donors (Lipinski definition) is 0. The molecule has 0 aliphatic carbocycles. The summed E-state index contributed by atoms with van der Waals surface area (Å²) in [4.78, 5) is 19.1. The molecular weight excluding hydrogens is 322 g/mol. The SMILES string of the molecule is Cc1cccc(N2CCN(/C=C3\C(=O)N(C)c4ccccc43)CC2)c1C. The van der Waals surface area contributed by atoms with E-state index < -0.39 is 0 Å². The van der Waals surface area contributed by atoms with Gasteiger partial charge < -0.3 is 14.7 Å². The van der Waals surface area contributed by atoms with E-state index in [0.29, 0.717) is 0 Å². The molecule has 0 unspecified atom stereocenters. The van der Waals surface area contributed by atoms with Crippen LogP contribution >= 0.6 is 0 Å². The first-order chi connectivity index (χ1) is 12.6. The highest BCUT2D eigenvalue weighted by Gasteiger charge is 2.30. The van der Waals surface area contributed by atoms with Crippen LogP contribution in [0.2, 0.25) is 0 Å². The summed E-state index contributed by atoms with van der Waals surface area (Å²) in [6.07, 6.45) is 2.06. The Morgan fingerprint density at radius 3 is 2.35 bits per heavy atom. The lowest BCUT2D eigenvalue weighted by atomic mass is 10.1. The van der Waals surface area contributed by atoms with Crippen LogP contribution < -0.4 is 9.80 Å². The van der Waals surface area contributed by atoms with E-state index in [1.54, 1.807) is 4.90 Å². The summed E-state index contributed by atoms with van der Waals surface area (Å²) in [7, 11) is 1.85. The minimum Gasteiger partial charge on any atom is -0.373 e. The maximum atomic E-state index is 12.6. The molecule has 1 fully saturated rings. The third-order valence-electron chi connectivity index (χ3n) is 5.63. The van der Waals surface area contributed by atoms with Gasteiger partial charge in [-0.05, 0) is 37.1 Å². The van der Waals surface area contributed by atoms with Gasteiger partial charge in [0.1, 0.15) is 0 Å². The van der Waals surface area contributed by atoms with Crippen molar-refractivity contribution < 1.29 is 4.79 Å². The lowest BCUT2D eigenvalue weighted by Gasteiger charge is -2.36. The molecule has 1 saturated heterocycles. The quantitative estimate of drug-likeness (QED) is 0.779.